The number of ketones is 1. The van der Waals surface area contributed by atoms with Crippen molar-refractivity contribution in [3.05, 3.63) is 11.6 Å². The maximum absolute atomic E-state index is 11.2. The number of hydrogen-bond donors (Lipinski definition) is 0. The third kappa shape index (κ3) is 1.03. The highest BCUT2D eigenvalue weighted by Crippen LogP contribution is 2.52. The lowest BCUT2D eigenvalue weighted by Gasteiger charge is -2.45. The van der Waals surface area contributed by atoms with E-state index in [1.54, 1.807) is 0 Å². The van der Waals surface area contributed by atoms with Crippen LogP contribution in [0.4, 0.5) is 0 Å². The highest BCUT2D eigenvalue weighted by atomic mass is 16.1. The minimum atomic E-state index is 0.0725. The number of carbonyl (C=O) groups excluding carboxylic acids is 1. The lowest BCUT2D eigenvalue weighted by Crippen LogP contribution is -2.44. The molecule has 66 valence electrons. The molecule has 0 aromatic carbocycles. The van der Waals surface area contributed by atoms with E-state index in [9.17, 15) is 4.79 Å². The molecular formula is C11H16O. The molecule has 2 aliphatic carbocycles. The minimum absolute atomic E-state index is 0.0725. The lowest BCUT2D eigenvalue weighted by atomic mass is 9.57. The molecule has 1 nitrogen and oxygen atoms in total. The van der Waals surface area contributed by atoms with Gasteiger partial charge in [-0.3, -0.25) is 4.79 Å². The molecule has 0 heterocycles. The fourth-order valence-electron chi connectivity index (χ4n) is 2.22. The average Bonchev–Trinajstić information content (AvgIpc) is 1.99. The Morgan fingerprint density at radius 2 is 2.33 bits per heavy atom. The van der Waals surface area contributed by atoms with Gasteiger partial charge in [0.05, 0.1) is 5.41 Å². The molecule has 2 rings (SSSR count). The number of allylic oxidation sites excluding steroid dienone is 2. The molecule has 0 aromatic rings. The Morgan fingerprint density at radius 3 is 2.75 bits per heavy atom. The van der Waals surface area contributed by atoms with E-state index in [-0.39, 0.29) is 5.41 Å². The number of carbonyl (C=O) groups is 1. The molecule has 1 unspecified atom stereocenters. The Morgan fingerprint density at radius 1 is 1.58 bits per heavy atom. The van der Waals surface area contributed by atoms with E-state index in [2.05, 4.69) is 13.0 Å². The summed E-state index contributed by atoms with van der Waals surface area (Å²) in [7, 11) is 0. The second kappa shape index (κ2) is 2.72. The largest absolute Gasteiger partial charge is 0.299 e. The number of hydrogen-bond acceptors (Lipinski definition) is 1. The van der Waals surface area contributed by atoms with Gasteiger partial charge in [-0.25, -0.2) is 0 Å². The van der Waals surface area contributed by atoms with Crippen molar-refractivity contribution in [3.8, 4) is 0 Å². The molecule has 0 radical (unpaired) electrons. The normalized spacial score (nSPS) is 32.8. The quantitative estimate of drug-likeness (QED) is 0.586. The summed E-state index contributed by atoms with van der Waals surface area (Å²) in [5.74, 6) is 0.489. The van der Waals surface area contributed by atoms with Gasteiger partial charge < -0.3 is 0 Å². The molecule has 1 atom stereocenters. The summed E-state index contributed by atoms with van der Waals surface area (Å²) in [5.41, 5.74) is 1.60. The van der Waals surface area contributed by atoms with Gasteiger partial charge in [0.15, 0.2) is 0 Å². The molecule has 1 fully saturated rings. The topological polar surface area (TPSA) is 17.1 Å². The van der Waals surface area contributed by atoms with Crippen LogP contribution in [-0.2, 0) is 4.79 Å². The van der Waals surface area contributed by atoms with Crippen molar-refractivity contribution in [3.63, 3.8) is 0 Å². The smallest absolute Gasteiger partial charge is 0.143 e. The van der Waals surface area contributed by atoms with Gasteiger partial charge in [-0.15, -0.1) is 0 Å². The van der Waals surface area contributed by atoms with Crippen LogP contribution < -0.4 is 0 Å². The van der Waals surface area contributed by atoms with E-state index in [0.29, 0.717) is 5.78 Å². The molecular weight excluding hydrogens is 148 g/mol. The standard InChI is InChI=1S/C11H16O/c1-2-3-4-9-7-11(8-9)6-5-10(11)12/h7H,2-6,8H2,1H3. The summed E-state index contributed by atoms with van der Waals surface area (Å²) >= 11 is 0. The number of unbranched alkanes of at least 4 members (excludes halogenated alkanes) is 1. The van der Waals surface area contributed by atoms with Crippen LogP contribution in [-0.4, -0.2) is 5.78 Å². The van der Waals surface area contributed by atoms with Crippen LogP contribution in [0, 0.1) is 5.41 Å². The minimum Gasteiger partial charge on any atom is -0.299 e. The third-order valence-electron chi connectivity index (χ3n) is 3.23. The second-order valence-corrected chi connectivity index (χ2v) is 4.16. The third-order valence-corrected chi connectivity index (χ3v) is 3.23. The highest BCUT2D eigenvalue weighted by molar-refractivity contribution is 5.94. The fraction of sp³-hybridized carbons (Fsp3) is 0.727. The monoisotopic (exact) mass is 164 g/mol. The molecule has 0 saturated heterocycles. The van der Waals surface area contributed by atoms with Crippen LogP contribution in [0.3, 0.4) is 0 Å². The number of rotatable bonds is 3. The highest BCUT2D eigenvalue weighted by Gasteiger charge is 2.49. The Labute approximate surface area is 73.8 Å². The molecule has 0 bridgehead atoms. The van der Waals surface area contributed by atoms with Crippen LogP contribution in [0.5, 0.6) is 0 Å². The molecule has 1 spiro atoms. The SMILES string of the molecule is CCCCC1=CC2(CCC2=O)C1. The molecule has 0 aromatic heterocycles. The van der Waals surface area contributed by atoms with Crippen molar-refractivity contribution in [1.82, 2.24) is 0 Å². The van der Waals surface area contributed by atoms with Crippen molar-refractivity contribution in [2.24, 2.45) is 5.41 Å². The average molecular weight is 164 g/mol. The fourth-order valence-corrected chi connectivity index (χ4v) is 2.22. The predicted octanol–water partition coefficient (Wildman–Crippen LogP) is 2.86. The Balaban J connectivity index is 1.88. The first kappa shape index (κ1) is 8.03. The van der Waals surface area contributed by atoms with Gasteiger partial charge in [0.1, 0.15) is 5.78 Å². The zero-order valence-corrected chi connectivity index (χ0v) is 7.73. The molecule has 0 aliphatic heterocycles. The molecule has 2 aliphatic rings. The van der Waals surface area contributed by atoms with Gasteiger partial charge >= 0.3 is 0 Å². The first-order chi connectivity index (χ1) is 5.77. The van der Waals surface area contributed by atoms with E-state index in [1.165, 1.54) is 24.8 Å². The van der Waals surface area contributed by atoms with Crippen molar-refractivity contribution >= 4 is 5.78 Å². The first-order valence-corrected chi connectivity index (χ1v) is 5.01. The van der Waals surface area contributed by atoms with Gasteiger partial charge in [-0.2, -0.15) is 0 Å². The molecule has 0 amide bonds. The van der Waals surface area contributed by atoms with Gasteiger partial charge in [-0.1, -0.05) is 25.0 Å². The van der Waals surface area contributed by atoms with Crippen molar-refractivity contribution in [1.29, 1.82) is 0 Å². The maximum atomic E-state index is 11.2. The predicted molar refractivity (Wildman–Crippen MR) is 48.9 cm³/mol. The van der Waals surface area contributed by atoms with Crippen molar-refractivity contribution < 1.29 is 4.79 Å². The first-order valence-electron chi connectivity index (χ1n) is 5.01. The number of Topliss-reactive ketones (excluding diaryl/α,β-unsaturated/α-hetero) is 1. The molecule has 1 saturated carbocycles. The summed E-state index contributed by atoms with van der Waals surface area (Å²) in [5, 5.41) is 0. The second-order valence-electron chi connectivity index (χ2n) is 4.16. The molecule has 12 heavy (non-hydrogen) atoms. The summed E-state index contributed by atoms with van der Waals surface area (Å²) in [6, 6.07) is 0. The van der Waals surface area contributed by atoms with Crippen LogP contribution in [0.1, 0.15) is 45.4 Å². The Kier molecular flexibility index (Phi) is 1.82. The van der Waals surface area contributed by atoms with Crippen LogP contribution in [0.15, 0.2) is 11.6 Å². The zero-order chi connectivity index (χ0) is 8.60. The molecule has 0 N–H and O–H groups in total. The van der Waals surface area contributed by atoms with Crippen LogP contribution in [0.25, 0.3) is 0 Å². The maximum Gasteiger partial charge on any atom is 0.143 e. The van der Waals surface area contributed by atoms with Gasteiger partial charge in [0.25, 0.3) is 0 Å². The summed E-state index contributed by atoms with van der Waals surface area (Å²) < 4.78 is 0. The van der Waals surface area contributed by atoms with E-state index in [1.807, 2.05) is 0 Å². The van der Waals surface area contributed by atoms with E-state index in [4.69, 9.17) is 0 Å². The summed E-state index contributed by atoms with van der Waals surface area (Å²) in [6.07, 6.45) is 9.07. The Hall–Kier alpha value is -0.590. The summed E-state index contributed by atoms with van der Waals surface area (Å²) in [6.45, 7) is 2.21. The van der Waals surface area contributed by atoms with E-state index in [0.717, 1.165) is 19.3 Å². The zero-order valence-electron chi connectivity index (χ0n) is 7.73. The van der Waals surface area contributed by atoms with Crippen LogP contribution >= 0.6 is 0 Å². The van der Waals surface area contributed by atoms with Crippen molar-refractivity contribution in [2.45, 2.75) is 45.4 Å². The van der Waals surface area contributed by atoms with Gasteiger partial charge in [0.2, 0.25) is 0 Å². The van der Waals surface area contributed by atoms with Crippen molar-refractivity contribution in [2.75, 3.05) is 0 Å². The van der Waals surface area contributed by atoms with E-state index >= 15 is 0 Å². The molecule has 1 heteroatoms. The Bertz CT molecular complexity index is 239. The summed E-state index contributed by atoms with van der Waals surface area (Å²) in [4.78, 5) is 11.2. The lowest BCUT2D eigenvalue weighted by molar-refractivity contribution is -0.135. The van der Waals surface area contributed by atoms with Crippen LogP contribution in [0.2, 0.25) is 0 Å². The van der Waals surface area contributed by atoms with Gasteiger partial charge in [-0.05, 0) is 25.7 Å². The van der Waals surface area contributed by atoms with Gasteiger partial charge in [0, 0.05) is 6.42 Å². The van der Waals surface area contributed by atoms with E-state index < -0.39 is 0 Å².